The third kappa shape index (κ3) is 5.32. The van der Waals surface area contributed by atoms with Gasteiger partial charge in [0.25, 0.3) is 0 Å². The molecule has 2 rings (SSSR count). The third-order valence-electron chi connectivity index (χ3n) is 4.23. The fourth-order valence-electron chi connectivity index (χ4n) is 2.58. The summed E-state index contributed by atoms with van der Waals surface area (Å²) in [5.41, 5.74) is 0.781. The second kappa shape index (κ2) is 9.44. The predicted octanol–water partition coefficient (Wildman–Crippen LogP) is 4.20. The number of hydrogen-bond donors (Lipinski definition) is 0. The van der Waals surface area contributed by atoms with Gasteiger partial charge in [-0.15, -0.1) is 0 Å². The van der Waals surface area contributed by atoms with Crippen molar-refractivity contribution in [2.24, 2.45) is 5.92 Å². The Morgan fingerprint density at radius 1 is 1.18 bits per heavy atom. The molecule has 2 heterocycles. The molecule has 3 atom stereocenters. The lowest BCUT2D eigenvalue weighted by molar-refractivity contribution is -0.160. The summed E-state index contributed by atoms with van der Waals surface area (Å²) in [6.07, 6.45) is 9.25. The van der Waals surface area contributed by atoms with Crippen LogP contribution in [0.25, 0.3) is 0 Å². The van der Waals surface area contributed by atoms with Crippen LogP contribution in [-0.2, 0) is 19.1 Å². The van der Waals surface area contributed by atoms with Crippen molar-refractivity contribution in [3.8, 4) is 0 Å². The van der Waals surface area contributed by atoms with Gasteiger partial charge in [0, 0.05) is 7.00 Å². The first-order valence-corrected chi connectivity index (χ1v) is 8.24. The summed E-state index contributed by atoms with van der Waals surface area (Å²) in [5.74, 6) is 0.00653. The van der Waals surface area contributed by atoms with E-state index in [9.17, 15) is 9.59 Å². The van der Waals surface area contributed by atoms with Crippen molar-refractivity contribution in [1.29, 1.82) is 0 Å². The maximum atomic E-state index is 11.2. The second-order valence-corrected chi connectivity index (χ2v) is 5.68. The molecule has 0 aromatic rings. The Kier molecular flexibility index (Phi) is 7.92. The van der Waals surface area contributed by atoms with E-state index in [-0.39, 0.29) is 31.5 Å². The lowest BCUT2D eigenvalue weighted by atomic mass is 9.95. The summed E-state index contributed by atoms with van der Waals surface area (Å²) < 4.78 is 10.2. The molecule has 3 unspecified atom stereocenters. The maximum Gasteiger partial charge on any atom is 0.334 e. The molecule has 4 heteroatoms. The average Bonchev–Trinajstić information content (AvgIpc) is 2.55. The van der Waals surface area contributed by atoms with E-state index in [1.165, 1.54) is 0 Å². The normalized spacial score (nSPS) is 30.0. The van der Waals surface area contributed by atoms with Crippen molar-refractivity contribution in [3.63, 3.8) is 0 Å². The van der Waals surface area contributed by atoms with E-state index in [1.54, 1.807) is 6.08 Å². The number of ether oxygens (including phenoxy) is 2. The van der Waals surface area contributed by atoms with Crippen LogP contribution in [0.4, 0.5) is 0 Å². The summed E-state index contributed by atoms with van der Waals surface area (Å²) >= 11 is 0. The van der Waals surface area contributed by atoms with Crippen molar-refractivity contribution < 1.29 is 20.5 Å². The quantitative estimate of drug-likeness (QED) is 0.445. The van der Waals surface area contributed by atoms with Crippen LogP contribution in [0, 0.1) is 5.92 Å². The summed E-state index contributed by atoms with van der Waals surface area (Å²) in [4.78, 5) is 22.2. The Balaban J connectivity index is 0.000000403. The molecule has 0 aromatic carbocycles. The molecule has 2 fully saturated rings. The standard InChI is InChI=1S/C9H16O2.C9H12O2.H2/c2*1-3-7-5-6-8(4-2)11-9(7)10;/h7-8H,3-6H2,1-2H3;3-4,8H,2,5-6H2,1H3;1H/b;7-3+;. The van der Waals surface area contributed by atoms with Gasteiger partial charge in [0.2, 0.25) is 0 Å². The van der Waals surface area contributed by atoms with Gasteiger partial charge < -0.3 is 9.47 Å². The molecule has 0 bridgehead atoms. The van der Waals surface area contributed by atoms with Gasteiger partial charge >= 0.3 is 11.9 Å². The lowest BCUT2D eigenvalue weighted by Gasteiger charge is -2.26. The third-order valence-corrected chi connectivity index (χ3v) is 4.23. The topological polar surface area (TPSA) is 52.6 Å². The molecule has 2 saturated heterocycles. The number of esters is 2. The van der Waals surface area contributed by atoms with Crippen LogP contribution < -0.4 is 0 Å². The predicted molar refractivity (Wildman–Crippen MR) is 88.4 cm³/mol. The molecule has 0 N–H and O–H groups in total. The highest BCUT2D eigenvalue weighted by molar-refractivity contribution is 5.89. The van der Waals surface area contributed by atoms with Gasteiger partial charge in [-0.3, -0.25) is 4.79 Å². The number of hydrogen-bond acceptors (Lipinski definition) is 4. The highest BCUT2D eigenvalue weighted by atomic mass is 16.5. The molecular weight excluding hydrogens is 280 g/mol. The van der Waals surface area contributed by atoms with E-state index < -0.39 is 0 Å². The summed E-state index contributed by atoms with van der Waals surface area (Å²) in [5, 5.41) is 0. The fraction of sp³-hybridized carbons (Fsp3) is 0.667. The fourth-order valence-corrected chi connectivity index (χ4v) is 2.58. The van der Waals surface area contributed by atoms with Gasteiger partial charge in [-0.05, 0) is 45.4 Å². The molecule has 0 aromatic heterocycles. The SMILES string of the molecule is C=CC1CC/C(=C\C)C(=O)O1.CCC1CCC(CC)C(=O)O1.[HH]. The zero-order chi connectivity index (χ0) is 16.5. The monoisotopic (exact) mass is 310 g/mol. The van der Waals surface area contributed by atoms with Crippen molar-refractivity contribution in [3.05, 3.63) is 24.3 Å². The van der Waals surface area contributed by atoms with E-state index in [4.69, 9.17) is 9.47 Å². The largest absolute Gasteiger partial charge is 0.462 e. The summed E-state index contributed by atoms with van der Waals surface area (Å²) in [7, 11) is 0. The molecule has 2 aliphatic rings. The Labute approximate surface area is 135 Å². The van der Waals surface area contributed by atoms with Crippen LogP contribution in [0.5, 0.6) is 0 Å². The van der Waals surface area contributed by atoms with E-state index in [2.05, 4.69) is 13.5 Å². The van der Waals surface area contributed by atoms with E-state index in [0.29, 0.717) is 0 Å². The van der Waals surface area contributed by atoms with Gasteiger partial charge in [-0.25, -0.2) is 4.79 Å². The molecule has 2 aliphatic heterocycles. The Hall–Kier alpha value is -1.58. The van der Waals surface area contributed by atoms with E-state index in [1.807, 2.05) is 19.9 Å². The Morgan fingerprint density at radius 3 is 2.36 bits per heavy atom. The maximum absolute atomic E-state index is 11.2. The van der Waals surface area contributed by atoms with Gasteiger partial charge in [-0.1, -0.05) is 32.6 Å². The van der Waals surface area contributed by atoms with Gasteiger partial charge in [0.1, 0.15) is 12.2 Å². The number of cyclic esters (lactones) is 2. The number of rotatable bonds is 3. The Bertz CT molecular complexity index is 431. The van der Waals surface area contributed by atoms with Crippen LogP contribution in [0.3, 0.4) is 0 Å². The van der Waals surface area contributed by atoms with Crippen LogP contribution in [0.2, 0.25) is 0 Å². The minimum atomic E-state index is -0.191. The minimum Gasteiger partial charge on any atom is -0.462 e. The smallest absolute Gasteiger partial charge is 0.334 e. The number of carbonyl (C=O) groups excluding carboxylic acids is 2. The molecule has 22 heavy (non-hydrogen) atoms. The van der Waals surface area contributed by atoms with Crippen molar-refractivity contribution >= 4 is 11.9 Å². The van der Waals surface area contributed by atoms with Gasteiger partial charge in [0.15, 0.2) is 0 Å². The molecule has 0 aliphatic carbocycles. The van der Waals surface area contributed by atoms with Crippen LogP contribution in [0.15, 0.2) is 24.3 Å². The Morgan fingerprint density at radius 2 is 1.91 bits per heavy atom. The van der Waals surface area contributed by atoms with Crippen molar-refractivity contribution in [2.45, 2.75) is 71.5 Å². The highest BCUT2D eigenvalue weighted by Gasteiger charge is 2.27. The van der Waals surface area contributed by atoms with Gasteiger partial charge in [-0.2, -0.15) is 0 Å². The molecule has 4 nitrogen and oxygen atoms in total. The van der Waals surface area contributed by atoms with Crippen molar-refractivity contribution in [1.82, 2.24) is 0 Å². The number of allylic oxidation sites excluding steroid dienone is 1. The molecule has 0 radical (unpaired) electrons. The first kappa shape index (κ1) is 18.5. The van der Waals surface area contributed by atoms with Crippen LogP contribution >= 0.6 is 0 Å². The summed E-state index contributed by atoms with van der Waals surface area (Å²) in [6.45, 7) is 9.52. The molecule has 0 amide bonds. The minimum absolute atomic E-state index is 0. The molecule has 126 valence electrons. The summed E-state index contributed by atoms with van der Waals surface area (Å²) in [6, 6.07) is 0. The van der Waals surface area contributed by atoms with Crippen LogP contribution in [0.1, 0.15) is 60.7 Å². The number of carbonyl (C=O) groups is 2. The molecule has 0 spiro atoms. The zero-order valence-corrected chi connectivity index (χ0v) is 14.0. The van der Waals surface area contributed by atoms with Crippen molar-refractivity contribution in [2.75, 3.05) is 0 Å². The average molecular weight is 310 g/mol. The zero-order valence-electron chi connectivity index (χ0n) is 14.0. The first-order valence-electron chi connectivity index (χ1n) is 8.24. The van der Waals surface area contributed by atoms with E-state index >= 15 is 0 Å². The second-order valence-electron chi connectivity index (χ2n) is 5.68. The van der Waals surface area contributed by atoms with Crippen LogP contribution in [-0.4, -0.2) is 24.1 Å². The van der Waals surface area contributed by atoms with E-state index in [0.717, 1.165) is 44.1 Å². The van der Waals surface area contributed by atoms with Gasteiger partial charge in [0.05, 0.1) is 5.92 Å². The molecular formula is C18H30O4. The molecule has 0 saturated carbocycles. The highest BCUT2D eigenvalue weighted by Crippen LogP contribution is 2.23. The lowest BCUT2D eigenvalue weighted by Crippen LogP contribution is -2.30. The first-order chi connectivity index (χ1) is 10.5.